The summed E-state index contributed by atoms with van der Waals surface area (Å²) >= 11 is 9.36. The Bertz CT molecular complexity index is 626. The van der Waals surface area contributed by atoms with E-state index >= 15 is 0 Å². The van der Waals surface area contributed by atoms with Gasteiger partial charge in [0.1, 0.15) is 0 Å². The average molecular weight is 373 g/mol. The Morgan fingerprint density at radius 1 is 1.24 bits per heavy atom. The van der Waals surface area contributed by atoms with E-state index in [4.69, 9.17) is 16.3 Å². The molecule has 0 atom stereocenters. The van der Waals surface area contributed by atoms with E-state index < -0.39 is 0 Å². The SMILES string of the molecule is CCCNc1nc(Nc2ccc(Cl)cc2Br)nc(OC)n1. The summed E-state index contributed by atoms with van der Waals surface area (Å²) in [5, 5.41) is 6.85. The summed E-state index contributed by atoms with van der Waals surface area (Å²) in [6.45, 7) is 2.84. The number of nitrogens with zero attached hydrogens (tertiary/aromatic N) is 3. The number of hydrogen-bond acceptors (Lipinski definition) is 6. The average Bonchev–Trinajstić information content (AvgIpc) is 2.48. The van der Waals surface area contributed by atoms with E-state index in [1.807, 2.05) is 6.07 Å². The molecular formula is C13H15BrClN5O. The van der Waals surface area contributed by atoms with Crippen LogP contribution in [0.2, 0.25) is 5.02 Å². The normalized spacial score (nSPS) is 10.3. The monoisotopic (exact) mass is 371 g/mol. The lowest BCUT2D eigenvalue weighted by molar-refractivity contribution is 0.379. The van der Waals surface area contributed by atoms with Crippen LogP contribution in [-0.4, -0.2) is 28.6 Å². The third kappa shape index (κ3) is 4.44. The second-order valence-electron chi connectivity index (χ2n) is 4.15. The van der Waals surface area contributed by atoms with Crippen LogP contribution >= 0.6 is 27.5 Å². The standard InChI is InChI=1S/C13H15BrClN5O/c1-3-6-16-11-18-12(20-13(19-11)21-2)17-10-5-4-8(15)7-9(10)14/h4-5,7H,3,6H2,1-2H3,(H2,16,17,18,19,20). The van der Waals surface area contributed by atoms with E-state index in [0.29, 0.717) is 16.9 Å². The number of nitrogens with one attached hydrogen (secondary N) is 2. The van der Waals surface area contributed by atoms with Crippen molar-refractivity contribution in [3.63, 3.8) is 0 Å². The molecule has 0 saturated carbocycles. The minimum absolute atomic E-state index is 0.246. The van der Waals surface area contributed by atoms with Gasteiger partial charge in [-0.15, -0.1) is 0 Å². The lowest BCUT2D eigenvalue weighted by Gasteiger charge is -2.10. The molecule has 0 aliphatic heterocycles. The van der Waals surface area contributed by atoms with Crippen LogP contribution in [0.3, 0.4) is 0 Å². The molecule has 0 aliphatic rings. The fourth-order valence-electron chi connectivity index (χ4n) is 1.53. The maximum absolute atomic E-state index is 5.92. The molecule has 1 aromatic carbocycles. The zero-order valence-corrected chi connectivity index (χ0v) is 14.0. The van der Waals surface area contributed by atoms with Crippen LogP contribution in [0, 0.1) is 0 Å². The maximum Gasteiger partial charge on any atom is 0.322 e. The molecular weight excluding hydrogens is 358 g/mol. The van der Waals surface area contributed by atoms with Crippen molar-refractivity contribution in [1.29, 1.82) is 0 Å². The molecule has 21 heavy (non-hydrogen) atoms. The van der Waals surface area contributed by atoms with Gasteiger partial charge < -0.3 is 15.4 Å². The van der Waals surface area contributed by atoms with Crippen LogP contribution in [0.4, 0.5) is 17.6 Å². The van der Waals surface area contributed by atoms with Crippen LogP contribution < -0.4 is 15.4 Å². The van der Waals surface area contributed by atoms with Crippen LogP contribution in [0.25, 0.3) is 0 Å². The van der Waals surface area contributed by atoms with E-state index in [1.54, 1.807) is 12.1 Å². The molecule has 0 bridgehead atoms. The number of hydrogen-bond donors (Lipinski definition) is 2. The molecule has 0 aliphatic carbocycles. The van der Waals surface area contributed by atoms with Gasteiger partial charge in [-0.2, -0.15) is 15.0 Å². The highest BCUT2D eigenvalue weighted by Gasteiger charge is 2.08. The third-order valence-electron chi connectivity index (χ3n) is 2.51. The molecule has 1 heterocycles. The van der Waals surface area contributed by atoms with Crippen molar-refractivity contribution in [2.24, 2.45) is 0 Å². The summed E-state index contributed by atoms with van der Waals surface area (Å²) in [6, 6.07) is 5.65. The number of anilines is 3. The summed E-state index contributed by atoms with van der Waals surface area (Å²) in [5.41, 5.74) is 0.800. The molecule has 6 nitrogen and oxygen atoms in total. The zero-order chi connectivity index (χ0) is 15.2. The van der Waals surface area contributed by atoms with Crippen LogP contribution in [0.15, 0.2) is 22.7 Å². The van der Waals surface area contributed by atoms with Crippen molar-refractivity contribution in [1.82, 2.24) is 15.0 Å². The molecule has 2 rings (SSSR count). The second-order valence-corrected chi connectivity index (χ2v) is 5.44. The van der Waals surface area contributed by atoms with Crippen molar-refractivity contribution in [3.05, 3.63) is 27.7 Å². The van der Waals surface area contributed by atoms with Gasteiger partial charge >= 0.3 is 6.01 Å². The molecule has 0 saturated heterocycles. The second kappa shape index (κ2) is 7.42. The summed E-state index contributed by atoms with van der Waals surface area (Å²) in [4.78, 5) is 12.6. The first-order chi connectivity index (χ1) is 10.1. The number of ether oxygens (including phenoxy) is 1. The summed E-state index contributed by atoms with van der Waals surface area (Å²) < 4.78 is 5.90. The van der Waals surface area contributed by atoms with Gasteiger partial charge in [-0.25, -0.2) is 0 Å². The molecule has 112 valence electrons. The first-order valence-corrected chi connectivity index (χ1v) is 7.55. The van der Waals surface area contributed by atoms with Gasteiger partial charge in [0, 0.05) is 16.0 Å². The van der Waals surface area contributed by atoms with Crippen molar-refractivity contribution < 1.29 is 4.74 Å². The van der Waals surface area contributed by atoms with Crippen molar-refractivity contribution in [3.8, 4) is 6.01 Å². The molecule has 0 unspecified atom stereocenters. The van der Waals surface area contributed by atoms with E-state index in [1.165, 1.54) is 7.11 Å². The summed E-state index contributed by atoms with van der Waals surface area (Å²) in [5.74, 6) is 0.861. The number of benzene rings is 1. The Kier molecular flexibility index (Phi) is 5.58. The van der Waals surface area contributed by atoms with Gasteiger partial charge in [-0.1, -0.05) is 18.5 Å². The molecule has 2 aromatic rings. The number of aromatic nitrogens is 3. The van der Waals surface area contributed by atoms with E-state index in [0.717, 1.165) is 23.1 Å². The predicted octanol–water partition coefficient (Wildman–Crippen LogP) is 3.86. The Morgan fingerprint density at radius 2 is 2.00 bits per heavy atom. The van der Waals surface area contributed by atoms with Crippen molar-refractivity contribution >= 4 is 45.1 Å². The molecule has 2 N–H and O–H groups in total. The maximum atomic E-state index is 5.92. The number of rotatable bonds is 6. The molecule has 0 fully saturated rings. The quantitative estimate of drug-likeness (QED) is 0.802. The molecule has 0 amide bonds. The third-order valence-corrected chi connectivity index (χ3v) is 3.40. The van der Waals surface area contributed by atoms with Crippen LogP contribution in [-0.2, 0) is 0 Å². The van der Waals surface area contributed by atoms with Crippen molar-refractivity contribution in [2.45, 2.75) is 13.3 Å². The number of halogens is 2. The van der Waals surface area contributed by atoms with Gasteiger partial charge in [-0.05, 0) is 40.5 Å². The van der Waals surface area contributed by atoms with Crippen LogP contribution in [0.1, 0.15) is 13.3 Å². The lowest BCUT2D eigenvalue weighted by Crippen LogP contribution is -2.09. The Balaban J connectivity index is 2.25. The van der Waals surface area contributed by atoms with Crippen LogP contribution in [0.5, 0.6) is 6.01 Å². The molecule has 1 aromatic heterocycles. The fraction of sp³-hybridized carbons (Fsp3) is 0.308. The first-order valence-electron chi connectivity index (χ1n) is 6.38. The minimum Gasteiger partial charge on any atom is -0.467 e. The predicted molar refractivity (Wildman–Crippen MR) is 87.6 cm³/mol. The van der Waals surface area contributed by atoms with Crippen molar-refractivity contribution in [2.75, 3.05) is 24.3 Å². The van der Waals surface area contributed by atoms with E-state index in [9.17, 15) is 0 Å². The summed E-state index contributed by atoms with van der Waals surface area (Å²) in [7, 11) is 1.51. The Labute approximate surface area is 136 Å². The number of methoxy groups -OCH3 is 1. The highest BCUT2D eigenvalue weighted by Crippen LogP contribution is 2.28. The highest BCUT2D eigenvalue weighted by molar-refractivity contribution is 9.10. The minimum atomic E-state index is 0.246. The lowest BCUT2D eigenvalue weighted by atomic mass is 10.3. The van der Waals surface area contributed by atoms with E-state index in [2.05, 4.69) is 48.4 Å². The van der Waals surface area contributed by atoms with Gasteiger partial charge in [0.05, 0.1) is 12.8 Å². The van der Waals surface area contributed by atoms with Gasteiger partial charge in [0.25, 0.3) is 0 Å². The zero-order valence-electron chi connectivity index (χ0n) is 11.7. The van der Waals surface area contributed by atoms with Gasteiger partial charge in [0.15, 0.2) is 0 Å². The highest BCUT2D eigenvalue weighted by atomic mass is 79.9. The van der Waals surface area contributed by atoms with E-state index in [-0.39, 0.29) is 6.01 Å². The largest absolute Gasteiger partial charge is 0.467 e. The first kappa shape index (κ1) is 15.8. The van der Waals surface area contributed by atoms with Gasteiger partial charge in [-0.3, -0.25) is 0 Å². The Morgan fingerprint density at radius 3 is 2.67 bits per heavy atom. The molecule has 0 spiro atoms. The molecule has 8 heteroatoms. The Hall–Kier alpha value is -1.60. The van der Waals surface area contributed by atoms with Gasteiger partial charge in [0.2, 0.25) is 11.9 Å². The topological polar surface area (TPSA) is 72.0 Å². The smallest absolute Gasteiger partial charge is 0.322 e. The fourth-order valence-corrected chi connectivity index (χ4v) is 2.31. The molecule has 0 radical (unpaired) electrons. The summed E-state index contributed by atoms with van der Waals surface area (Å²) in [6.07, 6.45) is 0.972.